The third kappa shape index (κ3) is 2.68. The van der Waals surface area contributed by atoms with E-state index < -0.39 is 5.54 Å². The van der Waals surface area contributed by atoms with Crippen LogP contribution in [0.4, 0.5) is 0 Å². The van der Waals surface area contributed by atoms with E-state index in [0.717, 1.165) is 4.90 Å². The molecule has 0 saturated heterocycles. The Labute approximate surface area is 110 Å². The fourth-order valence-corrected chi connectivity index (χ4v) is 3.03. The molecule has 1 aliphatic heterocycles. The summed E-state index contributed by atoms with van der Waals surface area (Å²) in [5, 5.41) is 20.9. The first-order chi connectivity index (χ1) is 8.58. The normalized spacial score (nSPS) is 18.5. The van der Waals surface area contributed by atoms with Crippen LogP contribution in [0, 0.1) is 0 Å². The van der Waals surface area contributed by atoms with Gasteiger partial charge in [-0.3, -0.25) is 4.79 Å². The van der Waals surface area contributed by atoms with Crippen molar-refractivity contribution in [2.45, 2.75) is 29.0 Å². The van der Waals surface area contributed by atoms with Crippen molar-refractivity contribution in [3.05, 3.63) is 29.8 Å². The van der Waals surface area contributed by atoms with Gasteiger partial charge in [-0.05, 0) is 25.0 Å². The highest BCUT2D eigenvalue weighted by atomic mass is 32.2. The summed E-state index contributed by atoms with van der Waals surface area (Å²) in [6.45, 7) is 1.07. The lowest BCUT2D eigenvalue weighted by molar-refractivity contribution is -0.123. The van der Waals surface area contributed by atoms with Gasteiger partial charge >= 0.3 is 0 Å². The van der Waals surface area contributed by atoms with E-state index in [1.165, 1.54) is 17.3 Å². The van der Waals surface area contributed by atoms with Gasteiger partial charge in [0.15, 0.2) is 0 Å². The molecule has 18 heavy (non-hydrogen) atoms. The SMILES string of the molecule is CC(CO)(CO)NC(=O)C1Cc2ccccc2S1. The van der Waals surface area contributed by atoms with Crippen LogP contribution in [-0.2, 0) is 11.2 Å². The Morgan fingerprint density at radius 3 is 2.72 bits per heavy atom. The number of nitrogens with one attached hydrogen (secondary N) is 1. The van der Waals surface area contributed by atoms with E-state index in [-0.39, 0.29) is 24.4 Å². The third-order valence-electron chi connectivity index (χ3n) is 3.06. The molecule has 5 heteroatoms. The largest absolute Gasteiger partial charge is 0.394 e. The van der Waals surface area contributed by atoms with E-state index in [0.29, 0.717) is 6.42 Å². The summed E-state index contributed by atoms with van der Waals surface area (Å²) >= 11 is 1.53. The molecule has 2 rings (SSSR count). The Hall–Kier alpha value is -1.04. The Balaban J connectivity index is 2.01. The number of benzene rings is 1. The molecule has 0 fully saturated rings. The van der Waals surface area contributed by atoms with Crippen molar-refractivity contribution in [2.75, 3.05) is 13.2 Å². The zero-order valence-corrected chi connectivity index (χ0v) is 11.0. The molecule has 0 aliphatic carbocycles. The van der Waals surface area contributed by atoms with Crippen LogP contribution in [0.3, 0.4) is 0 Å². The van der Waals surface area contributed by atoms with Gasteiger partial charge in [0.1, 0.15) is 0 Å². The molecule has 1 aromatic rings. The number of aliphatic hydroxyl groups excluding tert-OH is 2. The number of thioether (sulfide) groups is 1. The van der Waals surface area contributed by atoms with E-state index in [1.807, 2.05) is 24.3 Å². The molecular formula is C13H17NO3S. The summed E-state index contributed by atoms with van der Waals surface area (Å²) in [4.78, 5) is 13.2. The Bertz CT molecular complexity index is 421. The minimum Gasteiger partial charge on any atom is -0.394 e. The topological polar surface area (TPSA) is 69.6 Å². The highest BCUT2D eigenvalue weighted by Crippen LogP contribution is 2.36. The van der Waals surface area contributed by atoms with Crippen LogP contribution in [-0.4, -0.2) is 40.1 Å². The minimum atomic E-state index is -0.952. The predicted molar refractivity (Wildman–Crippen MR) is 70.5 cm³/mol. The molecular weight excluding hydrogens is 250 g/mol. The molecule has 1 aromatic carbocycles. The lowest BCUT2D eigenvalue weighted by Gasteiger charge is -2.27. The molecule has 0 bridgehead atoms. The number of hydrogen-bond donors (Lipinski definition) is 3. The van der Waals surface area contributed by atoms with E-state index in [9.17, 15) is 4.79 Å². The molecule has 1 heterocycles. The zero-order chi connectivity index (χ0) is 13.2. The summed E-state index contributed by atoms with van der Waals surface area (Å²) in [6, 6.07) is 7.94. The molecule has 1 atom stereocenters. The van der Waals surface area contributed by atoms with Gasteiger partial charge in [0.25, 0.3) is 0 Å². The summed E-state index contributed by atoms with van der Waals surface area (Å²) < 4.78 is 0. The molecule has 0 spiro atoms. The molecule has 0 saturated carbocycles. The Morgan fingerprint density at radius 2 is 2.11 bits per heavy atom. The zero-order valence-electron chi connectivity index (χ0n) is 10.2. The van der Waals surface area contributed by atoms with Crippen LogP contribution in [0.25, 0.3) is 0 Å². The van der Waals surface area contributed by atoms with Gasteiger partial charge in [-0.1, -0.05) is 18.2 Å². The highest BCUT2D eigenvalue weighted by Gasteiger charge is 2.32. The van der Waals surface area contributed by atoms with Crippen LogP contribution in [0.2, 0.25) is 0 Å². The minimum absolute atomic E-state index is 0.137. The van der Waals surface area contributed by atoms with Gasteiger partial charge in [-0.2, -0.15) is 0 Å². The lowest BCUT2D eigenvalue weighted by Crippen LogP contribution is -2.54. The van der Waals surface area contributed by atoms with Crippen molar-refractivity contribution in [2.24, 2.45) is 0 Å². The van der Waals surface area contributed by atoms with E-state index in [1.54, 1.807) is 6.92 Å². The summed E-state index contributed by atoms with van der Waals surface area (Å²) in [5.41, 5.74) is 0.226. The van der Waals surface area contributed by atoms with E-state index >= 15 is 0 Å². The van der Waals surface area contributed by atoms with Crippen LogP contribution in [0.1, 0.15) is 12.5 Å². The van der Waals surface area contributed by atoms with Crippen molar-refractivity contribution in [1.82, 2.24) is 5.32 Å². The number of rotatable bonds is 4. The lowest BCUT2D eigenvalue weighted by atomic mass is 10.0. The number of amides is 1. The van der Waals surface area contributed by atoms with Gasteiger partial charge < -0.3 is 15.5 Å². The first-order valence-corrected chi connectivity index (χ1v) is 6.74. The van der Waals surface area contributed by atoms with Gasteiger partial charge in [0, 0.05) is 4.90 Å². The van der Waals surface area contributed by atoms with Crippen LogP contribution in [0.5, 0.6) is 0 Å². The third-order valence-corrected chi connectivity index (χ3v) is 4.38. The molecule has 1 amide bonds. The smallest absolute Gasteiger partial charge is 0.234 e. The standard InChI is InChI=1S/C13H17NO3S/c1-13(7-15,8-16)14-12(17)11-6-9-4-2-3-5-10(9)18-11/h2-5,11,15-16H,6-8H2,1H3,(H,14,17). The number of hydrogen-bond acceptors (Lipinski definition) is 4. The molecule has 1 unspecified atom stereocenters. The quantitative estimate of drug-likeness (QED) is 0.745. The fraction of sp³-hybridized carbons (Fsp3) is 0.462. The second kappa shape index (κ2) is 5.30. The molecule has 0 aromatic heterocycles. The van der Waals surface area contributed by atoms with Crippen LogP contribution < -0.4 is 5.32 Å². The maximum Gasteiger partial charge on any atom is 0.234 e. The number of carbonyl (C=O) groups excluding carboxylic acids is 1. The molecule has 4 nitrogen and oxygen atoms in total. The molecule has 1 aliphatic rings. The van der Waals surface area contributed by atoms with Crippen molar-refractivity contribution >= 4 is 17.7 Å². The van der Waals surface area contributed by atoms with Crippen molar-refractivity contribution < 1.29 is 15.0 Å². The van der Waals surface area contributed by atoms with E-state index in [2.05, 4.69) is 5.32 Å². The number of carbonyl (C=O) groups is 1. The number of fused-ring (bicyclic) bond motifs is 1. The van der Waals surface area contributed by atoms with Crippen molar-refractivity contribution in [1.29, 1.82) is 0 Å². The van der Waals surface area contributed by atoms with Gasteiger partial charge in [-0.15, -0.1) is 11.8 Å². The number of aliphatic hydroxyl groups is 2. The van der Waals surface area contributed by atoms with Crippen LogP contribution >= 0.6 is 11.8 Å². The first-order valence-electron chi connectivity index (χ1n) is 5.86. The van der Waals surface area contributed by atoms with Crippen molar-refractivity contribution in [3.63, 3.8) is 0 Å². The van der Waals surface area contributed by atoms with Crippen LogP contribution in [0.15, 0.2) is 29.2 Å². The average Bonchev–Trinajstić information content (AvgIpc) is 2.82. The summed E-state index contributed by atoms with van der Waals surface area (Å²) in [7, 11) is 0. The highest BCUT2D eigenvalue weighted by molar-refractivity contribution is 8.01. The first kappa shape index (κ1) is 13.4. The predicted octanol–water partition coefficient (Wildman–Crippen LogP) is 0.563. The molecule has 0 radical (unpaired) electrons. The summed E-state index contributed by atoms with van der Waals surface area (Å²) in [5.74, 6) is -0.137. The van der Waals surface area contributed by atoms with E-state index in [4.69, 9.17) is 10.2 Å². The second-order valence-corrected chi connectivity index (χ2v) is 6.03. The average molecular weight is 267 g/mol. The van der Waals surface area contributed by atoms with Crippen molar-refractivity contribution in [3.8, 4) is 0 Å². The monoisotopic (exact) mass is 267 g/mol. The van der Waals surface area contributed by atoms with Gasteiger partial charge in [-0.25, -0.2) is 0 Å². The fourth-order valence-electron chi connectivity index (χ4n) is 1.84. The maximum absolute atomic E-state index is 12.1. The Morgan fingerprint density at radius 1 is 1.44 bits per heavy atom. The van der Waals surface area contributed by atoms with Gasteiger partial charge in [0.05, 0.1) is 24.0 Å². The second-order valence-electron chi connectivity index (χ2n) is 4.78. The summed E-state index contributed by atoms with van der Waals surface area (Å²) in [6.07, 6.45) is 0.694. The molecule has 98 valence electrons. The van der Waals surface area contributed by atoms with Gasteiger partial charge in [0.2, 0.25) is 5.91 Å². The maximum atomic E-state index is 12.1. The molecule has 3 N–H and O–H groups in total. The Kier molecular flexibility index (Phi) is 3.94.